The summed E-state index contributed by atoms with van der Waals surface area (Å²) in [6.45, 7) is 2.69. The Morgan fingerprint density at radius 3 is 2.87 bits per heavy atom. The van der Waals surface area contributed by atoms with Gasteiger partial charge in [0.1, 0.15) is 5.75 Å². The summed E-state index contributed by atoms with van der Waals surface area (Å²) >= 11 is 0. The van der Waals surface area contributed by atoms with Gasteiger partial charge in [-0.3, -0.25) is 0 Å². The molecule has 0 atom stereocenters. The molecule has 1 aliphatic heterocycles. The van der Waals surface area contributed by atoms with Gasteiger partial charge < -0.3 is 15.2 Å². The first kappa shape index (κ1) is 10.5. The van der Waals surface area contributed by atoms with Crippen LogP contribution in [-0.4, -0.2) is 24.3 Å². The lowest BCUT2D eigenvalue weighted by Crippen LogP contribution is -2.32. The molecule has 0 aliphatic carbocycles. The first-order chi connectivity index (χ1) is 7.34. The standard InChI is InChI=1S/C12H17NO2/c14-11-3-1-2-10(8-11)9-15-12-4-6-13-7-5-12/h1-3,8,12-14H,4-7,9H2. The van der Waals surface area contributed by atoms with Gasteiger partial charge in [-0.2, -0.15) is 0 Å². The molecule has 3 nitrogen and oxygen atoms in total. The van der Waals surface area contributed by atoms with Crippen LogP contribution in [0.3, 0.4) is 0 Å². The highest BCUT2D eigenvalue weighted by molar-refractivity contribution is 5.26. The van der Waals surface area contributed by atoms with Crippen LogP contribution in [0.2, 0.25) is 0 Å². The number of phenols is 1. The summed E-state index contributed by atoms with van der Waals surface area (Å²) in [6, 6.07) is 7.24. The first-order valence-electron chi connectivity index (χ1n) is 5.45. The second kappa shape index (κ2) is 5.14. The molecule has 0 aromatic heterocycles. The maximum Gasteiger partial charge on any atom is 0.115 e. The molecule has 0 bridgehead atoms. The first-order valence-corrected chi connectivity index (χ1v) is 5.45. The third-order valence-corrected chi connectivity index (χ3v) is 2.68. The van der Waals surface area contributed by atoms with Crippen molar-refractivity contribution in [2.75, 3.05) is 13.1 Å². The zero-order chi connectivity index (χ0) is 10.5. The average molecular weight is 207 g/mol. The molecule has 1 saturated heterocycles. The molecule has 2 N–H and O–H groups in total. The van der Waals surface area contributed by atoms with E-state index in [2.05, 4.69) is 5.32 Å². The minimum atomic E-state index is 0.307. The third kappa shape index (κ3) is 3.22. The molecule has 2 rings (SSSR count). The molecule has 3 heteroatoms. The van der Waals surface area contributed by atoms with Crippen LogP contribution in [0, 0.1) is 0 Å². The highest BCUT2D eigenvalue weighted by atomic mass is 16.5. The number of rotatable bonds is 3. The van der Waals surface area contributed by atoms with Gasteiger partial charge in [-0.05, 0) is 43.6 Å². The summed E-state index contributed by atoms with van der Waals surface area (Å²) < 4.78 is 5.77. The molecule has 0 spiro atoms. The van der Waals surface area contributed by atoms with Gasteiger partial charge in [0.2, 0.25) is 0 Å². The smallest absolute Gasteiger partial charge is 0.115 e. The molecule has 82 valence electrons. The van der Waals surface area contributed by atoms with E-state index in [1.165, 1.54) is 0 Å². The lowest BCUT2D eigenvalue weighted by Gasteiger charge is -2.22. The predicted octanol–water partition coefficient (Wildman–Crippen LogP) is 1.66. The van der Waals surface area contributed by atoms with E-state index in [1.54, 1.807) is 12.1 Å². The van der Waals surface area contributed by atoms with E-state index in [9.17, 15) is 5.11 Å². The van der Waals surface area contributed by atoms with Crippen molar-refractivity contribution in [3.05, 3.63) is 29.8 Å². The molecule has 1 aromatic carbocycles. The van der Waals surface area contributed by atoms with Gasteiger partial charge in [0.05, 0.1) is 12.7 Å². The van der Waals surface area contributed by atoms with E-state index in [-0.39, 0.29) is 0 Å². The summed E-state index contributed by atoms with van der Waals surface area (Å²) in [5.74, 6) is 0.307. The Kier molecular flexibility index (Phi) is 3.59. The molecule has 0 unspecified atom stereocenters. The topological polar surface area (TPSA) is 41.5 Å². The Labute approximate surface area is 90.1 Å². The number of phenolic OH excluding ortho intramolecular Hbond substituents is 1. The van der Waals surface area contributed by atoms with Gasteiger partial charge in [-0.1, -0.05) is 12.1 Å². The highest BCUT2D eigenvalue weighted by Gasteiger charge is 2.12. The van der Waals surface area contributed by atoms with Crippen molar-refractivity contribution in [1.82, 2.24) is 5.32 Å². The van der Waals surface area contributed by atoms with Crippen LogP contribution in [0.1, 0.15) is 18.4 Å². The minimum Gasteiger partial charge on any atom is -0.508 e. The highest BCUT2D eigenvalue weighted by Crippen LogP contribution is 2.14. The van der Waals surface area contributed by atoms with Crippen molar-refractivity contribution < 1.29 is 9.84 Å². The number of benzene rings is 1. The second-order valence-corrected chi connectivity index (χ2v) is 3.93. The monoisotopic (exact) mass is 207 g/mol. The summed E-state index contributed by atoms with van der Waals surface area (Å²) in [7, 11) is 0. The fourth-order valence-electron chi connectivity index (χ4n) is 1.82. The van der Waals surface area contributed by atoms with Crippen LogP contribution >= 0.6 is 0 Å². The van der Waals surface area contributed by atoms with Crippen LogP contribution < -0.4 is 5.32 Å². The normalized spacial score (nSPS) is 17.9. The zero-order valence-corrected chi connectivity index (χ0v) is 8.78. The van der Waals surface area contributed by atoms with Crippen molar-refractivity contribution in [3.63, 3.8) is 0 Å². The Morgan fingerprint density at radius 2 is 2.13 bits per heavy atom. The van der Waals surface area contributed by atoms with E-state index in [0.29, 0.717) is 18.5 Å². The molecule has 1 aromatic rings. The van der Waals surface area contributed by atoms with Crippen LogP contribution in [0.4, 0.5) is 0 Å². The van der Waals surface area contributed by atoms with Gasteiger partial charge in [0, 0.05) is 0 Å². The molecule has 1 fully saturated rings. The molecule has 1 heterocycles. The second-order valence-electron chi connectivity index (χ2n) is 3.93. The SMILES string of the molecule is Oc1cccc(COC2CCNCC2)c1. The van der Waals surface area contributed by atoms with Gasteiger partial charge in [-0.15, -0.1) is 0 Å². The molecular formula is C12H17NO2. The van der Waals surface area contributed by atoms with E-state index < -0.39 is 0 Å². The summed E-state index contributed by atoms with van der Waals surface area (Å²) in [5, 5.41) is 12.6. The lowest BCUT2D eigenvalue weighted by atomic mass is 10.1. The number of nitrogens with one attached hydrogen (secondary N) is 1. The van der Waals surface area contributed by atoms with Gasteiger partial charge in [0.25, 0.3) is 0 Å². The number of hydrogen-bond donors (Lipinski definition) is 2. The Morgan fingerprint density at radius 1 is 1.33 bits per heavy atom. The van der Waals surface area contributed by atoms with E-state index >= 15 is 0 Å². The van der Waals surface area contributed by atoms with Crippen molar-refractivity contribution in [2.24, 2.45) is 0 Å². The fourth-order valence-corrected chi connectivity index (χ4v) is 1.82. The quantitative estimate of drug-likeness (QED) is 0.792. The number of aromatic hydroxyl groups is 1. The van der Waals surface area contributed by atoms with Gasteiger partial charge >= 0.3 is 0 Å². The molecule has 1 aliphatic rings. The molecule has 0 saturated carbocycles. The fraction of sp³-hybridized carbons (Fsp3) is 0.500. The van der Waals surface area contributed by atoms with Gasteiger partial charge in [0.15, 0.2) is 0 Å². The summed E-state index contributed by atoms with van der Waals surface area (Å²) in [4.78, 5) is 0. The molecule has 15 heavy (non-hydrogen) atoms. The molecule has 0 amide bonds. The van der Waals surface area contributed by atoms with Crippen molar-refractivity contribution in [2.45, 2.75) is 25.6 Å². The van der Waals surface area contributed by atoms with Crippen LogP contribution in [0.15, 0.2) is 24.3 Å². The summed E-state index contributed by atoms with van der Waals surface area (Å²) in [5.41, 5.74) is 1.04. The van der Waals surface area contributed by atoms with Crippen LogP contribution in [-0.2, 0) is 11.3 Å². The Balaban J connectivity index is 1.81. The maximum atomic E-state index is 9.28. The van der Waals surface area contributed by atoms with Crippen LogP contribution in [0.5, 0.6) is 5.75 Å². The minimum absolute atomic E-state index is 0.307. The molecular weight excluding hydrogens is 190 g/mol. The summed E-state index contributed by atoms with van der Waals surface area (Å²) in [6.07, 6.45) is 2.53. The van der Waals surface area contributed by atoms with Crippen molar-refractivity contribution >= 4 is 0 Å². The number of ether oxygens (including phenoxy) is 1. The van der Waals surface area contributed by atoms with Gasteiger partial charge in [-0.25, -0.2) is 0 Å². The lowest BCUT2D eigenvalue weighted by molar-refractivity contribution is 0.0211. The number of piperidine rings is 1. The van der Waals surface area contributed by atoms with E-state index in [4.69, 9.17) is 4.74 Å². The average Bonchev–Trinajstić information content (AvgIpc) is 2.28. The molecule has 0 radical (unpaired) electrons. The zero-order valence-electron chi connectivity index (χ0n) is 8.78. The van der Waals surface area contributed by atoms with Crippen LogP contribution in [0.25, 0.3) is 0 Å². The maximum absolute atomic E-state index is 9.28. The Hall–Kier alpha value is -1.06. The van der Waals surface area contributed by atoms with Crippen molar-refractivity contribution in [3.8, 4) is 5.75 Å². The third-order valence-electron chi connectivity index (χ3n) is 2.68. The van der Waals surface area contributed by atoms with E-state index in [1.807, 2.05) is 12.1 Å². The van der Waals surface area contributed by atoms with E-state index in [0.717, 1.165) is 31.5 Å². The predicted molar refractivity (Wildman–Crippen MR) is 58.8 cm³/mol. The largest absolute Gasteiger partial charge is 0.508 e. The van der Waals surface area contributed by atoms with Crippen molar-refractivity contribution in [1.29, 1.82) is 0 Å². The Bertz CT molecular complexity index is 308. The number of hydrogen-bond acceptors (Lipinski definition) is 3.